The fraction of sp³-hybridized carbons (Fsp3) is 0.312. The van der Waals surface area contributed by atoms with Crippen molar-refractivity contribution in [2.24, 2.45) is 0 Å². The Morgan fingerprint density at radius 1 is 1.33 bits per heavy atom. The van der Waals surface area contributed by atoms with Crippen molar-refractivity contribution in [2.45, 2.75) is 13.0 Å². The Balaban J connectivity index is 1.91. The van der Waals surface area contributed by atoms with Gasteiger partial charge in [-0.05, 0) is 31.2 Å². The van der Waals surface area contributed by atoms with Crippen molar-refractivity contribution in [2.75, 3.05) is 19.8 Å². The van der Waals surface area contributed by atoms with Gasteiger partial charge in [0.25, 0.3) is 5.91 Å². The predicted octanol–water partition coefficient (Wildman–Crippen LogP) is 1.87. The number of ether oxygens (including phenoxy) is 1. The molecule has 1 aliphatic heterocycles. The number of amides is 1. The molecule has 0 aliphatic carbocycles. The largest absolute Gasteiger partial charge is 0.480 e. The molecule has 3 rings (SSSR count). The van der Waals surface area contributed by atoms with E-state index in [4.69, 9.17) is 4.74 Å². The van der Waals surface area contributed by atoms with Gasteiger partial charge in [0.1, 0.15) is 0 Å². The second-order valence-corrected chi connectivity index (χ2v) is 6.38. The van der Waals surface area contributed by atoms with E-state index in [1.807, 2.05) is 24.3 Å². The molecule has 0 spiro atoms. The standard InChI is InChI=1S/C16H16BrN3O4/c1-10-13(8-18-20(10)12-4-2-11(17)3-5-12)15(21)19-6-7-24-9-14(19)16(22)23/h2-5,8,14H,6-7,9H2,1H3,(H,22,23)/t14-/m0/s1. The van der Waals surface area contributed by atoms with Crippen LogP contribution in [0.15, 0.2) is 34.9 Å². The van der Waals surface area contributed by atoms with Crippen molar-refractivity contribution in [3.05, 3.63) is 46.2 Å². The smallest absolute Gasteiger partial charge is 0.328 e. The van der Waals surface area contributed by atoms with Crippen molar-refractivity contribution in [3.63, 3.8) is 0 Å². The summed E-state index contributed by atoms with van der Waals surface area (Å²) in [6.07, 6.45) is 1.48. The van der Waals surface area contributed by atoms with E-state index in [0.717, 1.165) is 10.2 Å². The van der Waals surface area contributed by atoms with E-state index in [1.54, 1.807) is 11.6 Å². The predicted molar refractivity (Wildman–Crippen MR) is 89.3 cm³/mol. The van der Waals surface area contributed by atoms with Gasteiger partial charge in [0.2, 0.25) is 0 Å². The number of carboxylic acids is 1. The number of nitrogens with zero attached hydrogens (tertiary/aromatic N) is 3. The van der Waals surface area contributed by atoms with Gasteiger partial charge in [-0.2, -0.15) is 5.10 Å². The summed E-state index contributed by atoms with van der Waals surface area (Å²) >= 11 is 3.38. The third-order valence-electron chi connectivity index (χ3n) is 3.99. The molecule has 0 saturated carbocycles. The van der Waals surface area contributed by atoms with Crippen molar-refractivity contribution in [1.82, 2.24) is 14.7 Å². The minimum atomic E-state index is -1.07. The van der Waals surface area contributed by atoms with Gasteiger partial charge in [-0.25, -0.2) is 9.48 Å². The third kappa shape index (κ3) is 3.07. The van der Waals surface area contributed by atoms with Crippen LogP contribution in [0, 0.1) is 6.92 Å². The van der Waals surface area contributed by atoms with Gasteiger partial charge < -0.3 is 14.7 Å². The van der Waals surface area contributed by atoms with Gasteiger partial charge in [0.15, 0.2) is 6.04 Å². The number of carbonyl (C=O) groups excluding carboxylic acids is 1. The van der Waals surface area contributed by atoms with E-state index in [1.165, 1.54) is 11.1 Å². The van der Waals surface area contributed by atoms with Gasteiger partial charge in [-0.3, -0.25) is 4.79 Å². The maximum atomic E-state index is 12.8. The zero-order chi connectivity index (χ0) is 17.3. The van der Waals surface area contributed by atoms with Crippen LogP contribution in [0.2, 0.25) is 0 Å². The molecule has 0 unspecified atom stereocenters. The first-order chi connectivity index (χ1) is 11.5. The molecule has 0 radical (unpaired) electrons. The molecule has 0 bridgehead atoms. The van der Waals surface area contributed by atoms with Crippen LogP contribution in [-0.4, -0.2) is 57.5 Å². The minimum Gasteiger partial charge on any atom is -0.480 e. The van der Waals surface area contributed by atoms with Crippen molar-refractivity contribution in [1.29, 1.82) is 0 Å². The summed E-state index contributed by atoms with van der Waals surface area (Å²) in [6, 6.07) is 6.57. The highest BCUT2D eigenvalue weighted by molar-refractivity contribution is 9.10. The molecule has 1 atom stereocenters. The lowest BCUT2D eigenvalue weighted by atomic mass is 10.1. The summed E-state index contributed by atoms with van der Waals surface area (Å²) in [5, 5.41) is 13.6. The second kappa shape index (κ2) is 6.74. The molecule has 7 nitrogen and oxygen atoms in total. The van der Waals surface area contributed by atoms with Crippen molar-refractivity contribution in [3.8, 4) is 5.69 Å². The molecule has 1 fully saturated rings. The highest BCUT2D eigenvalue weighted by Crippen LogP contribution is 2.20. The van der Waals surface area contributed by atoms with E-state index in [9.17, 15) is 14.7 Å². The van der Waals surface area contributed by atoms with E-state index >= 15 is 0 Å². The fourth-order valence-electron chi connectivity index (χ4n) is 2.67. The number of hydrogen-bond donors (Lipinski definition) is 1. The fourth-order valence-corrected chi connectivity index (χ4v) is 2.93. The zero-order valence-corrected chi connectivity index (χ0v) is 14.6. The van der Waals surface area contributed by atoms with Crippen LogP contribution in [0.4, 0.5) is 0 Å². The highest BCUT2D eigenvalue weighted by atomic mass is 79.9. The normalized spacial score (nSPS) is 17.8. The quantitative estimate of drug-likeness (QED) is 0.860. The Morgan fingerprint density at radius 2 is 2.04 bits per heavy atom. The number of hydrogen-bond acceptors (Lipinski definition) is 4. The minimum absolute atomic E-state index is 0.000963. The molecular formula is C16H16BrN3O4. The summed E-state index contributed by atoms with van der Waals surface area (Å²) in [4.78, 5) is 25.5. The SMILES string of the molecule is Cc1c(C(=O)N2CCOC[C@H]2C(=O)O)cnn1-c1ccc(Br)cc1. The topological polar surface area (TPSA) is 84.7 Å². The first-order valence-electron chi connectivity index (χ1n) is 7.41. The molecule has 1 aromatic heterocycles. The summed E-state index contributed by atoms with van der Waals surface area (Å²) in [6.45, 7) is 2.37. The maximum absolute atomic E-state index is 12.8. The van der Waals surface area contributed by atoms with Crippen LogP contribution in [0.25, 0.3) is 5.69 Å². The number of aromatic nitrogens is 2. The molecule has 1 aromatic carbocycles. The molecule has 1 saturated heterocycles. The maximum Gasteiger partial charge on any atom is 0.328 e. The highest BCUT2D eigenvalue weighted by Gasteiger charge is 2.34. The Bertz CT molecular complexity index is 772. The Morgan fingerprint density at radius 3 is 2.71 bits per heavy atom. The van der Waals surface area contributed by atoms with Gasteiger partial charge >= 0.3 is 5.97 Å². The summed E-state index contributed by atoms with van der Waals surface area (Å²) in [5.41, 5.74) is 1.88. The van der Waals surface area contributed by atoms with Crippen molar-refractivity contribution < 1.29 is 19.4 Å². The summed E-state index contributed by atoms with van der Waals surface area (Å²) in [5.74, 6) is -1.41. The number of carboxylic acid groups (broad SMARTS) is 1. The molecule has 1 N–H and O–H groups in total. The Hall–Kier alpha value is -2.19. The van der Waals surface area contributed by atoms with E-state index < -0.39 is 12.0 Å². The first-order valence-corrected chi connectivity index (χ1v) is 8.20. The average molecular weight is 394 g/mol. The van der Waals surface area contributed by atoms with E-state index in [-0.39, 0.29) is 19.1 Å². The van der Waals surface area contributed by atoms with Crippen molar-refractivity contribution >= 4 is 27.8 Å². The lowest BCUT2D eigenvalue weighted by molar-refractivity contribution is -0.147. The first kappa shape index (κ1) is 16.7. The Labute approximate surface area is 147 Å². The van der Waals surface area contributed by atoms with E-state index in [2.05, 4.69) is 21.0 Å². The van der Waals surface area contributed by atoms with Crippen LogP contribution in [-0.2, 0) is 9.53 Å². The van der Waals surface area contributed by atoms with Crippen LogP contribution in [0.5, 0.6) is 0 Å². The van der Waals surface area contributed by atoms with Crippen LogP contribution >= 0.6 is 15.9 Å². The molecule has 126 valence electrons. The summed E-state index contributed by atoms with van der Waals surface area (Å²) in [7, 11) is 0. The number of rotatable bonds is 3. The summed E-state index contributed by atoms with van der Waals surface area (Å²) < 4.78 is 7.79. The lowest BCUT2D eigenvalue weighted by Crippen LogP contribution is -2.52. The van der Waals surface area contributed by atoms with Crippen LogP contribution < -0.4 is 0 Å². The third-order valence-corrected chi connectivity index (χ3v) is 4.51. The molecule has 2 aromatic rings. The average Bonchev–Trinajstić information content (AvgIpc) is 2.96. The monoisotopic (exact) mass is 393 g/mol. The van der Waals surface area contributed by atoms with Gasteiger partial charge in [-0.1, -0.05) is 15.9 Å². The molecule has 24 heavy (non-hydrogen) atoms. The Kier molecular flexibility index (Phi) is 4.68. The van der Waals surface area contributed by atoms with Gasteiger partial charge in [0.05, 0.1) is 36.4 Å². The van der Waals surface area contributed by atoms with Crippen LogP contribution in [0.1, 0.15) is 16.1 Å². The second-order valence-electron chi connectivity index (χ2n) is 5.46. The number of benzene rings is 1. The number of carbonyl (C=O) groups is 2. The zero-order valence-electron chi connectivity index (χ0n) is 13.0. The van der Waals surface area contributed by atoms with Gasteiger partial charge in [0, 0.05) is 11.0 Å². The molecule has 8 heteroatoms. The molecule has 1 aliphatic rings. The van der Waals surface area contributed by atoms with Gasteiger partial charge in [-0.15, -0.1) is 0 Å². The number of morpholine rings is 1. The molecular weight excluding hydrogens is 378 g/mol. The molecule has 2 heterocycles. The van der Waals surface area contributed by atoms with E-state index in [0.29, 0.717) is 17.9 Å². The molecule has 1 amide bonds. The number of halogens is 1. The van der Waals surface area contributed by atoms with Crippen LogP contribution in [0.3, 0.4) is 0 Å². The lowest BCUT2D eigenvalue weighted by Gasteiger charge is -2.32. The number of aliphatic carboxylic acids is 1.